The predicted octanol–water partition coefficient (Wildman–Crippen LogP) is 2.81. The van der Waals surface area contributed by atoms with Crippen LogP contribution in [0.5, 0.6) is 5.88 Å². The molecule has 1 aliphatic rings. The summed E-state index contributed by atoms with van der Waals surface area (Å²) in [5, 5.41) is 16.8. The van der Waals surface area contributed by atoms with Crippen molar-refractivity contribution in [2.45, 2.75) is 32.6 Å². The van der Waals surface area contributed by atoms with Crippen molar-refractivity contribution in [3.8, 4) is 11.9 Å². The Kier molecular flexibility index (Phi) is 3.18. The van der Waals surface area contributed by atoms with E-state index in [1.54, 1.807) is 0 Å². The minimum absolute atomic E-state index is 0.129. The maximum atomic E-state index is 9.70. The number of fused-ring (bicyclic) bond motifs is 1. The standard InChI is InChI=1S/C17H18N4O/c1-4-17(12-7-5-10(2)6-8-12)13(9-18)15(19)22-16-14(17)11(3)20-21-16/h5-8H,4,19H2,1-3H3,(H,20,21). The molecule has 0 saturated heterocycles. The van der Waals surface area contributed by atoms with Crippen molar-refractivity contribution in [3.05, 3.63) is 58.1 Å². The fourth-order valence-electron chi connectivity index (χ4n) is 3.31. The van der Waals surface area contributed by atoms with Gasteiger partial charge in [-0.2, -0.15) is 5.26 Å². The van der Waals surface area contributed by atoms with Crippen molar-refractivity contribution < 1.29 is 4.74 Å². The van der Waals surface area contributed by atoms with Crippen LogP contribution in [0, 0.1) is 25.2 Å². The van der Waals surface area contributed by atoms with Crippen LogP contribution in [0.15, 0.2) is 35.7 Å². The van der Waals surface area contributed by atoms with E-state index < -0.39 is 5.41 Å². The van der Waals surface area contributed by atoms with Crippen LogP contribution in [0.1, 0.15) is 35.7 Å². The zero-order valence-electron chi connectivity index (χ0n) is 12.9. The number of benzene rings is 1. The highest BCUT2D eigenvalue weighted by molar-refractivity contribution is 5.60. The van der Waals surface area contributed by atoms with Gasteiger partial charge in [0.2, 0.25) is 11.8 Å². The van der Waals surface area contributed by atoms with E-state index in [1.807, 2.05) is 45.0 Å². The van der Waals surface area contributed by atoms with Gasteiger partial charge in [-0.1, -0.05) is 36.8 Å². The summed E-state index contributed by atoms with van der Waals surface area (Å²) in [6, 6.07) is 10.4. The Morgan fingerprint density at radius 3 is 2.59 bits per heavy atom. The van der Waals surface area contributed by atoms with E-state index in [4.69, 9.17) is 10.5 Å². The topological polar surface area (TPSA) is 87.7 Å². The summed E-state index contributed by atoms with van der Waals surface area (Å²) in [5.41, 5.74) is 9.80. The molecule has 1 unspecified atom stereocenters. The Hall–Kier alpha value is -2.74. The molecule has 0 aliphatic carbocycles. The first kappa shape index (κ1) is 14.2. The Morgan fingerprint density at radius 1 is 1.32 bits per heavy atom. The number of aromatic amines is 1. The minimum atomic E-state index is -0.628. The Balaban J connectivity index is 2.38. The second-order valence-corrected chi connectivity index (χ2v) is 5.61. The molecule has 1 aromatic carbocycles. The number of nitriles is 1. The van der Waals surface area contributed by atoms with E-state index in [1.165, 1.54) is 5.56 Å². The van der Waals surface area contributed by atoms with Crippen molar-refractivity contribution in [1.29, 1.82) is 5.26 Å². The number of nitrogens with zero attached hydrogens (tertiary/aromatic N) is 2. The van der Waals surface area contributed by atoms with Gasteiger partial charge in [-0.05, 0) is 25.8 Å². The smallest absolute Gasteiger partial charge is 0.244 e. The highest BCUT2D eigenvalue weighted by atomic mass is 16.5. The number of aryl methyl sites for hydroxylation is 2. The number of hydrogen-bond acceptors (Lipinski definition) is 4. The number of ether oxygens (including phenoxy) is 1. The maximum Gasteiger partial charge on any atom is 0.244 e. The van der Waals surface area contributed by atoms with Gasteiger partial charge in [0.15, 0.2) is 0 Å². The average molecular weight is 294 g/mol. The van der Waals surface area contributed by atoms with Crippen molar-refractivity contribution in [3.63, 3.8) is 0 Å². The van der Waals surface area contributed by atoms with Gasteiger partial charge in [-0.25, -0.2) is 0 Å². The molecule has 3 N–H and O–H groups in total. The Labute approximate surface area is 129 Å². The van der Waals surface area contributed by atoms with Crippen LogP contribution in [0.2, 0.25) is 0 Å². The molecule has 5 nitrogen and oxygen atoms in total. The molecule has 5 heteroatoms. The molecule has 112 valence electrons. The highest BCUT2D eigenvalue weighted by Crippen LogP contribution is 2.49. The lowest BCUT2D eigenvalue weighted by molar-refractivity contribution is 0.353. The van der Waals surface area contributed by atoms with Crippen LogP contribution < -0.4 is 10.5 Å². The van der Waals surface area contributed by atoms with E-state index in [2.05, 4.69) is 16.3 Å². The molecule has 3 rings (SSSR count). The second-order valence-electron chi connectivity index (χ2n) is 5.61. The lowest BCUT2D eigenvalue weighted by Gasteiger charge is -2.36. The molecule has 1 atom stereocenters. The number of allylic oxidation sites excluding steroid dienone is 1. The molecule has 0 fully saturated rings. The molecule has 0 saturated carbocycles. The molecule has 2 aromatic rings. The maximum absolute atomic E-state index is 9.70. The third kappa shape index (κ3) is 1.74. The van der Waals surface area contributed by atoms with Gasteiger partial charge in [-0.3, -0.25) is 5.10 Å². The molecule has 0 spiro atoms. The van der Waals surface area contributed by atoms with E-state index in [0.717, 1.165) is 16.8 Å². The van der Waals surface area contributed by atoms with E-state index in [-0.39, 0.29) is 5.88 Å². The molecule has 22 heavy (non-hydrogen) atoms. The normalized spacial score (nSPS) is 20.3. The fraction of sp³-hybridized carbons (Fsp3) is 0.294. The lowest BCUT2D eigenvalue weighted by Crippen LogP contribution is -2.36. The van der Waals surface area contributed by atoms with Crippen molar-refractivity contribution in [2.75, 3.05) is 0 Å². The van der Waals surface area contributed by atoms with Crippen LogP contribution in [-0.4, -0.2) is 10.2 Å². The first-order chi connectivity index (χ1) is 10.5. The first-order valence-corrected chi connectivity index (χ1v) is 7.25. The van der Waals surface area contributed by atoms with Crippen LogP contribution in [0.3, 0.4) is 0 Å². The van der Waals surface area contributed by atoms with Crippen molar-refractivity contribution >= 4 is 0 Å². The first-order valence-electron chi connectivity index (χ1n) is 7.25. The Bertz CT molecular complexity index is 795. The average Bonchev–Trinajstić information content (AvgIpc) is 2.88. The molecular formula is C17H18N4O. The van der Waals surface area contributed by atoms with Gasteiger partial charge < -0.3 is 10.5 Å². The van der Waals surface area contributed by atoms with Gasteiger partial charge in [0.05, 0.1) is 11.0 Å². The summed E-state index contributed by atoms with van der Waals surface area (Å²) in [6.07, 6.45) is 0.691. The van der Waals surface area contributed by atoms with Crippen molar-refractivity contribution in [1.82, 2.24) is 10.2 Å². The Morgan fingerprint density at radius 2 is 2.00 bits per heavy atom. The van der Waals surface area contributed by atoms with Gasteiger partial charge in [0, 0.05) is 5.69 Å². The lowest BCUT2D eigenvalue weighted by atomic mass is 9.66. The van der Waals surface area contributed by atoms with Crippen LogP contribution in [0.25, 0.3) is 0 Å². The zero-order valence-corrected chi connectivity index (χ0v) is 12.9. The molecule has 1 aliphatic heterocycles. The monoisotopic (exact) mass is 294 g/mol. The molecule has 0 bridgehead atoms. The van der Waals surface area contributed by atoms with Gasteiger partial charge in [0.1, 0.15) is 11.6 Å². The fourth-order valence-corrected chi connectivity index (χ4v) is 3.31. The van der Waals surface area contributed by atoms with E-state index in [9.17, 15) is 5.26 Å². The number of nitrogens with two attached hydrogens (primary N) is 1. The van der Waals surface area contributed by atoms with Crippen molar-refractivity contribution in [2.24, 2.45) is 5.73 Å². The van der Waals surface area contributed by atoms with Gasteiger partial charge in [0.25, 0.3) is 0 Å². The molecule has 1 aromatic heterocycles. The number of rotatable bonds is 2. The van der Waals surface area contributed by atoms with E-state index >= 15 is 0 Å². The number of nitrogens with one attached hydrogen (secondary N) is 1. The summed E-state index contributed by atoms with van der Waals surface area (Å²) in [7, 11) is 0. The molecule has 2 heterocycles. The number of aromatic nitrogens is 2. The van der Waals surface area contributed by atoms with Gasteiger partial charge in [-0.15, -0.1) is 5.10 Å². The minimum Gasteiger partial charge on any atom is -0.420 e. The predicted molar refractivity (Wildman–Crippen MR) is 83.0 cm³/mol. The van der Waals surface area contributed by atoms with Crippen LogP contribution >= 0.6 is 0 Å². The molecular weight excluding hydrogens is 276 g/mol. The third-order valence-corrected chi connectivity index (χ3v) is 4.41. The van der Waals surface area contributed by atoms with Gasteiger partial charge >= 0.3 is 0 Å². The second kappa shape index (κ2) is 4.92. The molecule has 0 amide bonds. The number of H-pyrrole nitrogens is 1. The SMILES string of the molecule is CCC1(c2ccc(C)cc2)C(C#N)=C(N)Oc2n[nH]c(C)c21. The highest BCUT2D eigenvalue weighted by Gasteiger charge is 2.47. The summed E-state index contributed by atoms with van der Waals surface area (Å²) in [6.45, 7) is 6.02. The van der Waals surface area contributed by atoms with Crippen LogP contribution in [-0.2, 0) is 5.41 Å². The number of hydrogen-bond donors (Lipinski definition) is 2. The summed E-state index contributed by atoms with van der Waals surface area (Å²) in [5.74, 6) is 0.584. The largest absolute Gasteiger partial charge is 0.420 e. The summed E-state index contributed by atoms with van der Waals surface area (Å²) >= 11 is 0. The molecule has 0 radical (unpaired) electrons. The zero-order chi connectivity index (χ0) is 15.9. The summed E-state index contributed by atoms with van der Waals surface area (Å²) < 4.78 is 5.55. The quantitative estimate of drug-likeness (QED) is 0.891. The third-order valence-electron chi connectivity index (χ3n) is 4.41. The van der Waals surface area contributed by atoms with Crippen LogP contribution in [0.4, 0.5) is 0 Å². The summed E-state index contributed by atoms with van der Waals surface area (Å²) in [4.78, 5) is 0. The van der Waals surface area contributed by atoms with E-state index in [0.29, 0.717) is 17.9 Å².